The second-order valence-corrected chi connectivity index (χ2v) is 9.86. The number of amides is 1. The van der Waals surface area contributed by atoms with Crippen LogP contribution in [0, 0.1) is 10.7 Å². The van der Waals surface area contributed by atoms with Crippen molar-refractivity contribution in [3.63, 3.8) is 0 Å². The summed E-state index contributed by atoms with van der Waals surface area (Å²) in [5, 5.41) is 3.48. The lowest BCUT2D eigenvalue weighted by Crippen LogP contribution is -2.33. The van der Waals surface area contributed by atoms with Gasteiger partial charge in [-0.1, -0.05) is 31.2 Å². The molecule has 0 radical (unpaired) electrons. The van der Waals surface area contributed by atoms with Gasteiger partial charge in [0.05, 0.1) is 10.9 Å². The molecule has 35 heavy (non-hydrogen) atoms. The SMILES string of the molecule is COCCCn1c(=S)[nH]c2cc(C(=O)NCc3ccc(CN4CCCC(C)C4)cc3)ccc2c1=O. The van der Waals surface area contributed by atoms with Gasteiger partial charge in [0.25, 0.3) is 11.5 Å². The maximum absolute atomic E-state index is 12.8. The van der Waals surface area contributed by atoms with Crippen LogP contribution in [-0.2, 0) is 24.4 Å². The maximum Gasteiger partial charge on any atom is 0.262 e. The molecule has 1 atom stereocenters. The van der Waals surface area contributed by atoms with E-state index in [-0.39, 0.29) is 11.5 Å². The first-order valence-corrected chi connectivity index (χ1v) is 12.7. The summed E-state index contributed by atoms with van der Waals surface area (Å²) in [4.78, 5) is 31.2. The fraction of sp³-hybridized carbons (Fsp3) is 0.444. The first-order chi connectivity index (χ1) is 16.9. The summed E-state index contributed by atoms with van der Waals surface area (Å²) in [6.45, 7) is 7.10. The van der Waals surface area contributed by atoms with Gasteiger partial charge in [-0.15, -0.1) is 0 Å². The first-order valence-electron chi connectivity index (χ1n) is 12.3. The summed E-state index contributed by atoms with van der Waals surface area (Å²) in [5.41, 5.74) is 3.23. The number of benzene rings is 2. The van der Waals surface area contributed by atoms with Crippen LogP contribution in [0.5, 0.6) is 0 Å². The van der Waals surface area contributed by atoms with E-state index in [4.69, 9.17) is 17.0 Å². The van der Waals surface area contributed by atoms with E-state index in [0.29, 0.717) is 47.4 Å². The number of carbonyl (C=O) groups is 1. The number of rotatable bonds is 9. The van der Waals surface area contributed by atoms with E-state index in [1.807, 2.05) is 0 Å². The van der Waals surface area contributed by atoms with Gasteiger partial charge in [-0.2, -0.15) is 0 Å². The van der Waals surface area contributed by atoms with Crippen LogP contribution >= 0.6 is 12.2 Å². The highest BCUT2D eigenvalue weighted by atomic mass is 32.1. The third-order valence-corrected chi connectivity index (χ3v) is 6.92. The molecule has 3 aromatic rings. The lowest BCUT2D eigenvalue weighted by Gasteiger charge is -2.30. The predicted molar refractivity (Wildman–Crippen MR) is 141 cm³/mol. The number of H-pyrrole nitrogens is 1. The van der Waals surface area contributed by atoms with Crippen LogP contribution in [-0.4, -0.2) is 47.2 Å². The molecular formula is C27H34N4O3S. The summed E-state index contributed by atoms with van der Waals surface area (Å²) in [6, 6.07) is 13.5. The molecule has 2 heterocycles. The van der Waals surface area contributed by atoms with E-state index in [1.54, 1.807) is 25.3 Å². The molecule has 1 amide bonds. The van der Waals surface area contributed by atoms with Crippen LogP contribution in [0.3, 0.4) is 0 Å². The van der Waals surface area contributed by atoms with Crippen LogP contribution in [0.25, 0.3) is 10.9 Å². The third-order valence-electron chi connectivity index (χ3n) is 6.60. The van der Waals surface area contributed by atoms with Gasteiger partial charge >= 0.3 is 0 Å². The molecule has 2 aromatic carbocycles. The van der Waals surface area contributed by atoms with E-state index in [9.17, 15) is 9.59 Å². The normalized spacial score (nSPS) is 16.5. The number of fused-ring (bicyclic) bond motifs is 1. The number of piperidine rings is 1. The molecule has 0 bridgehead atoms. The van der Waals surface area contributed by atoms with Crippen LogP contribution in [0.2, 0.25) is 0 Å². The van der Waals surface area contributed by atoms with E-state index in [0.717, 1.165) is 24.6 Å². The Labute approximate surface area is 211 Å². The fourth-order valence-electron chi connectivity index (χ4n) is 4.70. The largest absolute Gasteiger partial charge is 0.385 e. The van der Waals surface area contributed by atoms with Crippen molar-refractivity contribution in [2.24, 2.45) is 5.92 Å². The van der Waals surface area contributed by atoms with Crippen LogP contribution in [0.4, 0.5) is 0 Å². The summed E-state index contributed by atoms with van der Waals surface area (Å²) >= 11 is 5.37. The van der Waals surface area contributed by atoms with Crippen molar-refractivity contribution in [1.29, 1.82) is 0 Å². The van der Waals surface area contributed by atoms with Gasteiger partial charge in [0.15, 0.2) is 4.77 Å². The molecule has 8 heteroatoms. The Morgan fingerprint density at radius 3 is 2.71 bits per heavy atom. The fourth-order valence-corrected chi connectivity index (χ4v) is 4.99. The smallest absolute Gasteiger partial charge is 0.262 e. The average Bonchev–Trinajstić information content (AvgIpc) is 2.85. The van der Waals surface area contributed by atoms with Crippen molar-refractivity contribution in [2.75, 3.05) is 26.8 Å². The minimum Gasteiger partial charge on any atom is -0.385 e. The zero-order chi connectivity index (χ0) is 24.8. The first kappa shape index (κ1) is 25.3. The lowest BCUT2D eigenvalue weighted by atomic mass is 9.99. The molecule has 7 nitrogen and oxygen atoms in total. The standard InChI is InChI=1S/C27H34N4O3S/c1-19-5-3-12-30(17-19)18-21-8-6-20(7-9-21)16-28-25(32)22-10-11-23-24(15-22)29-27(35)31(26(23)33)13-4-14-34-2/h6-11,15,19H,3-5,12-14,16-18H2,1-2H3,(H,28,32)(H,29,35). The number of aromatic amines is 1. The third kappa shape index (κ3) is 6.45. The zero-order valence-electron chi connectivity index (χ0n) is 20.5. The Hall–Kier alpha value is -2.81. The molecule has 0 aliphatic carbocycles. The minimum absolute atomic E-state index is 0.161. The van der Waals surface area contributed by atoms with Gasteiger partial charge in [-0.25, -0.2) is 0 Å². The Bertz CT molecular complexity index is 1280. The molecular weight excluding hydrogens is 460 g/mol. The molecule has 1 saturated heterocycles. The van der Waals surface area contributed by atoms with Crippen molar-refractivity contribution in [1.82, 2.24) is 19.8 Å². The van der Waals surface area contributed by atoms with Crippen molar-refractivity contribution >= 4 is 29.0 Å². The van der Waals surface area contributed by atoms with Crippen molar-refractivity contribution < 1.29 is 9.53 Å². The number of methoxy groups -OCH3 is 1. The molecule has 0 saturated carbocycles. The number of nitrogens with one attached hydrogen (secondary N) is 2. The highest BCUT2D eigenvalue weighted by Gasteiger charge is 2.16. The molecule has 1 fully saturated rings. The van der Waals surface area contributed by atoms with Gasteiger partial charge in [0, 0.05) is 45.5 Å². The van der Waals surface area contributed by atoms with Crippen molar-refractivity contribution in [2.45, 2.75) is 45.8 Å². The Balaban J connectivity index is 1.38. The molecule has 1 aliphatic rings. The summed E-state index contributed by atoms with van der Waals surface area (Å²) < 4.78 is 6.94. The number of likely N-dealkylation sites (tertiary alicyclic amines) is 1. The highest BCUT2D eigenvalue weighted by Crippen LogP contribution is 2.18. The Morgan fingerprint density at radius 2 is 1.97 bits per heavy atom. The topological polar surface area (TPSA) is 79.4 Å². The van der Waals surface area contributed by atoms with E-state index in [2.05, 4.69) is 46.4 Å². The molecule has 1 aromatic heterocycles. The number of ether oxygens (including phenoxy) is 1. The number of hydrogen-bond donors (Lipinski definition) is 2. The molecule has 1 aliphatic heterocycles. The van der Waals surface area contributed by atoms with Crippen molar-refractivity contribution in [3.8, 4) is 0 Å². The number of aromatic nitrogens is 2. The average molecular weight is 495 g/mol. The second-order valence-electron chi connectivity index (χ2n) is 9.48. The lowest BCUT2D eigenvalue weighted by molar-refractivity contribution is 0.0951. The van der Waals surface area contributed by atoms with Crippen molar-refractivity contribution in [3.05, 3.63) is 74.3 Å². The summed E-state index contributed by atoms with van der Waals surface area (Å²) in [7, 11) is 1.63. The van der Waals surface area contributed by atoms with Crippen LogP contribution in [0.1, 0.15) is 47.7 Å². The molecule has 2 N–H and O–H groups in total. The molecule has 4 rings (SSSR count). The van der Waals surface area contributed by atoms with Crippen LogP contribution < -0.4 is 10.9 Å². The number of carbonyl (C=O) groups excluding carboxylic acids is 1. The summed E-state index contributed by atoms with van der Waals surface area (Å²) in [6.07, 6.45) is 3.29. The zero-order valence-corrected chi connectivity index (χ0v) is 21.3. The van der Waals surface area contributed by atoms with Gasteiger partial charge < -0.3 is 15.0 Å². The molecule has 0 spiro atoms. The number of hydrogen-bond acceptors (Lipinski definition) is 5. The van der Waals surface area contributed by atoms with E-state index < -0.39 is 0 Å². The van der Waals surface area contributed by atoms with E-state index >= 15 is 0 Å². The summed E-state index contributed by atoms with van der Waals surface area (Å²) in [5.74, 6) is 0.576. The van der Waals surface area contributed by atoms with Gasteiger partial charge in [-0.3, -0.25) is 19.1 Å². The maximum atomic E-state index is 12.8. The second kappa shape index (κ2) is 11.7. The van der Waals surface area contributed by atoms with Crippen LogP contribution in [0.15, 0.2) is 47.3 Å². The monoisotopic (exact) mass is 494 g/mol. The van der Waals surface area contributed by atoms with Gasteiger partial charge in [0.1, 0.15) is 0 Å². The number of nitrogens with zero attached hydrogens (tertiary/aromatic N) is 2. The molecule has 1 unspecified atom stereocenters. The van der Waals surface area contributed by atoms with Gasteiger partial charge in [-0.05, 0) is 73.3 Å². The predicted octanol–water partition coefficient (Wildman–Crippen LogP) is 4.26. The Morgan fingerprint density at radius 1 is 1.20 bits per heavy atom. The Kier molecular flexibility index (Phi) is 8.49. The quantitative estimate of drug-likeness (QED) is 0.343. The minimum atomic E-state index is -0.193. The molecule has 186 valence electrons. The highest BCUT2D eigenvalue weighted by molar-refractivity contribution is 7.71. The van der Waals surface area contributed by atoms with E-state index in [1.165, 1.54) is 29.5 Å². The van der Waals surface area contributed by atoms with Gasteiger partial charge in [0.2, 0.25) is 0 Å².